The number of anilines is 1. The first kappa shape index (κ1) is 18.7. The fourth-order valence-electron chi connectivity index (χ4n) is 3.00. The van der Waals surface area contributed by atoms with Crippen LogP contribution in [0.5, 0.6) is 5.75 Å². The van der Waals surface area contributed by atoms with Crippen LogP contribution in [-0.4, -0.2) is 18.0 Å². The van der Waals surface area contributed by atoms with Crippen molar-refractivity contribution in [2.75, 3.05) is 5.32 Å². The number of fused-ring (bicyclic) bond motifs is 3. The first-order valence-electron chi connectivity index (χ1n) is 8.92. The Bertz CT molecular complexity index is 1150. The van der Waals surface area contributed by atoms with Crippen molar-refractivity contribution in [1.29, 1.82) is 5.26 Å². The highest BCUT2D eigenvalue weighted by Crippen LogP contribution is 2.42. The summed E-state index contributed by atoms with van der Waals surface area (Å²) >= 11 is 1.32. The van der Waals surface area contributed by atoms with Gasteiger partial charge in [-0.05, 0) is 37.3 Å². The molecule has 1 aliphatic heterocycles. The largest absolute Gasteiger partial charge is 0.488 e. The topological polar surface area (TPSA) is 88.4 Å². The number of hydrogen-bond acceptors (Lipinski definition) is 6. The van der Waals surface area contributed by atoms with E-state index in [1.54, 1.807) is 30.3 Å². The molecule has 0 bridgehead atoms. The minimum Gasteiger partial charge on any atom is -0.488 e. The van der Waals surface area contributed by atoms with Crippen LogP contribution in [0.4, 0.5) is 5.69 Å². The fraction of sp³-hybridized carbons (Fsp3) is 0.136. The van der Waals surface area contributed by atoms with Gasteiger partial charge in [-0.3, -0.25) is 4.79 Å². The summed E-state index contributed by atoms with van der Waals surface area (Å²) in [6.45, 7) is 1.88. The molecule has 0 aliphatic carbocycles. The molecule has 1 unspecified atom stereocenters. The van der Waals surface area contributed by atoms with Gasteiger partial charge in [-0.1, -0.05) is 24.3 Å². The van der Waals surface area contributed by atoms with Gasteiger partial charge in [-0.25, -0.2) is 4.79 Å². The molecular formula is C22H16N2O4S. The molecule has 0 spiro atoms. The quantitative estimate of drug-likeness (QED) is 0.653. The van der Waals surface area contributed by atoms with Gasteiger partial charge in [-0.2, -0.15) is 5.26 Å². The number of nitrogens with zero attached hydrogens (tertiary/aromatic N) is 1. The molecule has 4 rings (SSSR count). The predicted molar refractivity (Wildman–Crippen MR) is 109 cm³/mol. The van der Waals surface area contributed by atoms with E-state index < -0.39 is 18.0 Å². The van der Waals surface area contributed by atoms with E-state index in [2.05, 4.69) is 5.32 Å². The van der Waals surface area contributed by atoms with E-state index in [-0.39, 0.29) is 0 Å². The predicted octanol–water partition coefficient (Wildman–Crippen LogP) is 4.36. The maximum absolute atomic E-state index is 12.6. The molecule has 144 valence electrons. The van der Waals surface area contributed by atoms with E-state index >= 15 is 0 Å². The van der Waals surface area contributed by atoms with Crippen LogP contribution in [0.15, 0.2) is 54.6 Å². The summed E-state index contributed by atoms with van der Waals surface area (Å²) in [5.41, 5.74) is 2.57. The van der Waals surface area contributed by atoms with E-state index in [1.165, 1.54) is 18.3 Å². The van der Waals surface area contributed by atoms with Gasteiger partial charge in [-0.15, -0.1) is 11.3 Å². The van der Waals surface area contributed by atoms with Crippen molar-refractivity contribution >= 4 is 28.9 Å². The average Bonchev–Trinajstić information content (AvgIpc) is 3.19. The van der Waals surface area contributed by atoms with Gasteiger partial charge >= 0.3 is 5.97 Å². The molecule has 0 saturated heterocycles. The molecular weight excluding hydrogens is 388 g/mol. The molecule has 2 aromatic carbocycles. The number of benzene rings is 2. The van der Waals surface area contributed by atoms with Crippen LogP contribution < -0.4 is 10.1 Å². The zero-order valence-corrected chi connectivity index (χ0v) is 16.3. The monoisotopic (exact) mass is 404 g/mol. The third kappa shape index (κ3) is 3.71. The maximum Gasteiger partial charge on any atom is 0.349 e. The van der Waals surface area contributed by atoms with Crippen LogP contribution in [0, 0.1) is 11.3 Å². The summed E-state index contributed by atoms with van der Waals surface area (Å²) in [5, 5.41) is 11.7. The van der Waals surface area contributed by atoms with Crippen molar-refractivity contribution in [3.05, 3.63) is 70.6 Å². The summed E-state index contributed by atoms with van der Waals surface area (Å²) in [5.74, 6) is -0.292. The van der Waals surface area contributed by atoms with Crippen molar-refractivity contribution in [2.45, 2.75) is 19.6 Å². The zero-order valence-electron chi connectivity index (χ0n) is 15.5. The Kier molecular flexibility index (Phi) is 5.02. The minimum atomic E-state index is -1.02. The van der Waals surface area contributed by atoms with Crippen LogP contribution in [-0.2, 0) is 16.1 Å². The normalized spacial score (nSPS) is 12.6. The highest BCUT2D eigenvalue weighted by molar-refractivity contribution is 7.17. The molecule has 0 saturated carbocycles. The molecule has 6 nitrogen and oxygen atoms in total. The maximum atomic E-state index is 12.6. The first-order chi connectivity index (χ1) is 14.1. The van der Waals surface area contributed by atoms with Crippen molar-refractivity contribution in [2.24, 2.45) is 0 Å². The Balaban J connectivity index is 1.47. The zero-order chi connectivity index (χ0) is 20.4. The van der Waals surface area contributed by atoms with Crippen LogP contribution >= 0.6 is 11.3 Å². The van der Waals surface area contributed by atoms with Crippen molar-refractivity contribution < 1.29 is 19.1 Å². The lowest BCUT2D eigenvalue weighted by atomic mass is 10.1. The molecule has 1 amide bonds. The lowest BCUT2D eigenvalue weighted by Gasteiger charge is -2.16. The lowest BCUT2D eigenvalue weighted by Crippen LogP contribution is -2.30. The second-order valence-electron chi connectivity index (χ2n) is 6.44. The van der Waals surface area contributed by atoms with Gasteiger partial charge in [0.2, 0.25) is 0 Å². The number of para-hydroxylation sites is 2. The standard InChI is InChI=1S/C22H16N2O4S/c1-13(21(25)24-17-8-4-2-6-14(17)11-23)28-22(26)19-10-15-12-27-18-9-5-3-7-16(18)20(15)29-19/h2-10,13H,12H2,1H3,(H,24,25). The van der Waals surface area contributed by atoms with Gasteiger partial charge < -0.3 is 14.8 Å². The van der Waals surface area contributed by atoms with Gasteiger partial charge in [0.15, 0.2) is 6.10 Å². The van der Waals surface area contributed by atoms with Crippen LogP contribution in [0.25, 0.3) is 10.4 Å². The van der Waals surface area contributed by atoms with Crippen molar-refractivity contribution in [1.82, 2.24) is 0 Å². The Morgan fingerprint density at radius 2 is 1.97 bits per heavy atom. The van der Waals surface area contributed by atoms with Crippen molar-refractivity contribution in [3.8, 4) is 22.3 Å². The third-order valence-electron chi connectivity index (χ3n) is 4.48. The number of nitriles is 1. The highest BCUT2D eigenvalue weighted by atomic mass is 32.1. The van der Waals surface area contributed by atoms with Crippen LogP contribution in [0.3, 0.4) is 0 Å². The first-order valence-corrected chi connectivity index (χ1v) is 9.74. The molecule has 1 aliphatic rings. The van der Waals surface area contributed by atoms with Crippen molar-refractivity contribution in [3.63, 3.8) is 0 Å². The van der Waals surface area contributed by atoms with Gasteiger partial charge in [0, 0.05) is 16.0 Å². The summed E-state index contributed by atoms with van der Waals surface area (Å²) in [6.07, 6.45) is -1.02. The van der Waals surface area contributed by atoms with Crippen LogP contribution in [0.1, 0.15) is 27.7 Å². The Morgan fingerprint density at radius 3 is 2.79 bits per heavy atom. The molecule has 7 heteroatoms. The number of nitrogens with one attached hydrogen (secondary N) is 1. The van der Waals surface area contributed by atoms with E-state index in [0.29, 0.717) is 22.7 Å². The number of ether oxygens (including phenoxy) is 2. The van der Waals surface area contributed by atoms with E-state index in [1.807, 2.05) is 30.3 Å². The SMILES string of the molecule is CC(OC(=O)c1cc2c(s1)-c1ccccc1OC2)C(=O)Nc1ccccc1C#N. The number of thiophene rings is 1. The molecule has 0 fully saturated rings. The Hall–Kier alpha value is -3.63. The third-order valence-corrected chi connectivity index (χ3v) is 5.67. The van der Waals surface area contributed by atoms with Gasteiger partial charge in [0.1, 0.15) is 23.3 Å². The number of carbonyl (C=O) groups is 2. The molecule has 0 radical (unpaired) electrons. The summed E-state index contributed by atoms with van der Waals surface area (Å²) in [7, 11) is 0. The second kappa shape index (κ2) is 7.78. The van der Waals surface area contributed by atoms with Gasteiger partial charge in [0.05, 0.1) is 11.3 Å². The number of hydrogen-bond donors (Lipinski definition) is 1. The molecule has 1 N–H and O–H groups in total. The van der Waals surface area contributed by atoms with E-state index in [9.17, 15) is 9.59 Å². The van der Waals surface area contributed by atoms with E-state index in [0.717, 1.165) is 21.8 Å². The summed E-state index contributed by atoms with van der Waals surface area (Å²) < 4.78 is 11.1. The van der Waals surface area contributed by atoms with Gasteiger partial charge in [0.25, 0.3) is 5.91 Å². The minimum absolute atomic E-state index is 0.337. The Morgan fingerprint density at radius 1 is 1.21 bits per heavy atom. The summed E-state index contributed by atoms with van der Waals surface area (Å²) in [6, 6.07) is 18.0. The molecule has 3 aromatic rings. The highest BCUT2D eigenvalue weighted by Gasteiger charge is 2.25. The summed E-state index contributed by atoms with van der Waals surface area (Å²) in [4.78, 5) is 26.4. The molecule has 29 heavy (non-hydrogen) atoms. The number of esters is 1. The van der Waals surface area contributed by atoms with E-state index in [4.69, 9.17) is 14.7 Å². The number of carbonyl (C=O) groups excluding carboxylic acids is 2. The number of rotatable bonds is 4. The van der Waals surface area contributed by atoms with Crippen LogP contribution in [0.2, 0.25) is 0 Å². The smallest absolute Gasteiger partial charge is 0.349 e. The number of amides is 1. The lowest BCUT2D eigenvalue weighted by molar-refractivity contribution is -0.123. The second-order valence-corrected chi connectivity index (χ2v) is 7.50. The Labute approximate surface area is 171 Å². The average molecular weight is 404 g/mol. The molecule has 2 heterocycles. The molecule has 1 atom stereocenters. The molecule has 1 aromatic heterocycles. The fourth-order valence-corrected chi connectivity index (χ4v) is 4.08.